The number of aromatic hydroxyl groups is 1. The molecule has 1 aromatic rings. The Balaban J connectivity index is 2.42. The molecule has 0 spiro atoms. The zero-order valence-electron chi connectivity index (χ0n) is 7.68. The normalized spacial score (nSPS) is 15.1. The van der Waals surface area contributed by atoms with Crippen LogP contribution in [0.1, 0.15) is 0 Å². The molecular formula is C10H8N2O3. The van der Waals surface area contributed by atoms with E-state index in [0.29, 0.717) is 5.69 Å². The smallest absolute Gasteiger partial charge is 0.258 e. The number of carbonyl (C=O) groups excluding carboxylic acids is 2. The van der Waals surface area contributed by atoms with E-state index >= 15 is 0 Å². The minimum atomic E-state index is -0.427. The number of hydrogen-bond acceptors (Lipinski definition) is 4. The molecule has 3 N–H and O–H groups in total. The Morgan fingerprint density at radius 2 is 1.73 bits per heavy atom. The van der Waals surface area contributed by atoms with Crippen molar-refractivity contribution in [2.45, 2.75) is 0 Å². The Morgan fingerprint density at radius 1 is 1.13 bits per heavy atom. The van der Waals surface area contributed by atoms with Gasteiger partial charge < -0.3 is 10.8 Å². The van der Waals surface area contributed by atoms with Crippen LogP contribution in [0.25, 0.3) is 0 Å². The quantitative estimate of drug-likeness (QED) is 0.394. The van der Waals surface area contributed by atoms with E-state index in [4.69, 9.17) is 5.73 Å². The number of rotatable bonds is 1. The summed E-state index contributed by atoms with van der Waals surface area (Å²) in [4.78, 5) is 23.5. The topological polar surface area (TPSA) is 83.6 Å². The molecule has 0 aromatic heterocycles. The molecule has 2 amide bonds. The van der Waals surface area contributed by atoms with Crippen molar-refractivity contribution in [3.05, 3.63) is 30.4 Å². The molecule has 5 nitrogen and oxygen atoms in total. The minimum absolute atomic E-state index is 0.153. The van der Waals surface area contributed by atoms with Gasteiger partial charge in [0.2, 0.25) is 0 Å². The predicted molar refractivity (Wildman–Crippen MR) is 54.2 cm³/mol. The lowest BCUT2D eigenvalue weighted by atomic mass is 10.2. The van der Waals surface area contributed by atoms with E-state index in [1.165, 1.54) is 30.4 Å². The van der Waals surface area contributed by atoms with Crippen LogP contribution in [-0.2, 0) is 9.59 Å². The molecule has 15 heavy (non-hydrogen) atoms. The summed E-state index contributed by atoms with van der Waals surface area (Å²) in [5, 5.41) is 9.34. The Kier molecular flexibility index (Phi) is 1.93. The first-order valence-corrected chi connectivity index (χ1v) is 4.24. The van der Waals surface area contributed by atoms with Gasteiger partial charge in [0, 0.05) is 18.2 Å². The van der Waals surface area contributed by atoms with Crippen LogP contribution >= 0.6 is 0 Å². The molecule has 1 aromatic carbocycles. The van der Waals surface area contributed by atoms with E-state index in [2.05, 4.69) is 0 Å². The summed E-state index contributed by atoms with van der Waals surface area (Å²) in [6, 6.07) is 4.21. The molecule has 0 unspecified atom stereocenters. The third-order valence-electron chi connectivity index (χ3n) is 2.08. The van der Waals surface area contributed by atoms with Gasteiger partial charge >= 0.3 is 0 Å². The van der Waals surface area contributed by atoms with E-state index in [0.717, 1.165) is 4.90 Å². The van der Waals surface area contributed by atoms with Crippen LogP contribution in [0.3, 0.4) is 0 Å². The van der Waals surface area contributed by atoms with Gasteiger partial charge in [-0.1, -0.05) is 0 Å². The van der Waals surface area contributed by atoms with E-state index in [-0.39, 0.29) is 11.4 Å². The molecule has 2 rings (SSSR count). The number of anilines is 2. The Bertz CT molecular complexity index is 462. The molecule has 0 aliphatic carbocycles. The number of benzene rings is 1. The summed E-state index contributed by atoms with van der Waals surface area (Å²) >= 11 is 0. The summed E-state index contributed by atoms with van der Waals surface area (Å²) in [6.07, 6.45) is 2.35. The van der Waals surface area contributed by atoms with Crippen LogP contribution in [-0.4, -0.2) is 16.9 Å². The predicted octanol–water partition coefficient (Wildman–Crippen LogP) is 0.404. The largest absolute Gasteiger partial charge is 0.506 e. The molecule has 1 aliphatic heterocycles. The molecule has 0 bridgehead atoms. The number of carbonyl (C=O) groups is 2. The van der Waals surface area contributed by atoms with E-state index in [1.54, 1.807) is 0 Å². The van der Waals surface area contributed by atoms with Crippen LogP contribution < -0.4 is 10.6 Å². The molecule has 0 fully saturated rings. The van der Waals surface area contributed by atoms with Gasteiger partial charge in [-0.3, -0.25) is 9.59 Å². The van der Waals surface area contributed by atoms with Gasteiger partial charge in [-0.05, 0) is 12.1 Å². The highest BCUT2D eigenvalue weighted by Crippen LogP contribution is 2.27. The van der Waals surface area contributed by atoms with Crippen molar-refractivity contribution in [2.24, 2.45) is 0 Å². The van der Waals surface area contributed by atoms with Gasteiger partial charge in [0.1, 0.15) is 5.75 Å². The average Bonchev–Trinajstić information content (AvgIpc) is 2.52. The molecule has 0 radical (unpaired) electrons. The Labute approximate surface area is 85.4 Å². The fraction of sp³-hybridized carbons (Fsp3) is 0. The summed E-state index contributed by atoms with van der Waals surface area (Å²) in [7, 11) is 0. The molecule has 76 valence electrons. The summed E-state index contributed by atoms with van der Waals surface area (Å²) in [5.74, 6) is -1.01. The third-order valence-corrected chi connectivity index (χ3v) is 2.08. The van der Waals surface area contributed by atoms with E-state index < -0.39 is 11.8 Å². The monoisotopic (exact) mass is 204 g/mol. The molecule has 0 saturated carbocycles. The van der Waals surface area contributed by atoms with Crippen LogP contribution in [0.15, 0.2) is 30.4 Å². The first-order chi connectivity index (χ1) is 7.09. The molecule has 1 aliphatic rings. The SMILES string of the molecule is Nc1ccc(N2C(=O)C=CC2=O)cc1O. The number of hydrogen-bond donors (Lipinski definition) is 2. The summed E-state index contributed by atoms with van der Waals surface area (Å²) in [6.45, 7) is 0. The van der Waals surface area contributed by atoms with Gasteiger partial charge in [-0.15, -0.1) is 0 Å². The van der Waals surface area contributed by atoms with Crippen molar-refractivity contribution in [1.29, 1.82) is 0 Å². The van der Waals surface area contributed by atoms with E-state index in [1.807, 2.05) is 0 Å². The first kappa shape index (κ1) is 9.26. The second-order valence-corrected chi connectivity index (χ2v) is 3.09. The highest BCUT2D eigenvalue weighted by Gasteiger charge is 2.25. The minimum Gasteiger partial charge on any atom is -0.506 e. The highest BCUT2D eigenvalue weighted by atomic mass is 16.3. The van der Waals surface area contributed by atoms with Gasteiger partial charge in [-0.25, -0.2) is 4.90 Å². The zero-order valence-corrected chi connectivity index (χ0v) is 7.68. The van der Waals surface area contributed by atoms with Crippen LogP contribution in [0.4, 0.5) is 11.4 Å². The number of phenols is 1. The average molecular weight is 204 g/mol. The van der Waals surface area contributed by atoms with Crippen molar-refractivity contribution in [3.63, 3.8) is 0 Å². The molecular weight excluding hydrogens is 196 g/mol. The maximum atomic E-state index is 11.3. The van der Waals surface area contributed by atoms with Crippen molar-refractivity contribution >= 4 is 23.2 Å². The fourth-order valence-electron chi connectivity index (χ4n) is 1.33. The summed E-state index contributed by atoms with van der Waals surface area (Å²) < 4.78 is 0. The Hall–Kier alpha value is -2.30. The summed E-state index contributed by atoms with van der Waals surface area (Å²) in [5.41, 5.74) is 5.91. The second-order valence-electron chi connectivity index (χ2n) is 3.09. The lowest BCUT2D eigenvalue weighted by Crippen LogP contribution is -2.29. The van der Waals surface area contributed by atoms with Crippen LogP contribution in [0.5, 0.6) is 5.75 Å². The second kappa shape index (κ2) is 3.13. The van der Waals surface area contributed by atoms with Gasteiger partial charge in [-0.2, -0.15) is 0 Å². The number of nitrogen functional groups attached to an aromatic ring is 1. The van der Waals surface area contributed by atoms with Crippen molar-refractivity contribution < 1.29 is 14.7 Å². The zero-order chi connectivity index (χ0) is 11.0. The first-order valence-electron chi connectivity index (χ1n) is 4.24. The van der Waals surface area contributed by atoms with Crippen molar-refractivity contribution in [1.82, 2.24) is 0 Å². The molecule has 5 heteroatoms. The fourth-order valence-corrected chi connectivity index (χ4v) is 1.33. The highest BCUT2D eigenvalue weighted by molar-refractivity contribution is 6.28. The third kappa shape index (κ3) is 1.43. The number of nitrogens with zero attached hydrogens (tertiary/aromatic N) is 1. The van der Waals surface area contributed by atoms with Gasteiger partial charge in [0.15, 0.2) is 0 Å². The number of amides is 2. The van der Waals surface area contributed by atoms with Gasteiger partial charge in [0.05, 0.1) is 11.4 Å². The standard InChI is InChI=1S/C10H8N2O3/c11-7-2-1-6(5-8(7)13)12-9(14)3-4-10(12)15/h1-5,13H,11H2. The molecule has 0 atom stereocenters. The van der Waals surface area contributed by atoms with Crippen LogP contribution in [0, 0.1) is 0 Å². The van der Waals surface area contributed by atoms with Crippen molar-refractivity contribution in [3.8, 4) is 5.75 Å². The molecule has 0 saturated heterocycles. The number of imide groups is 1. The van der Waals surface area contributed by atoms with Gasteiger partial charge in [0.25, 0.3) is 11.8 Å². The Morgan fingerprint density at radius 3 is 2.27 bits per heavy atom. The maximum absolute atomic E-state index is 11.3. The lowest BCUT2D eigenvalue weighted by molar-refractivity contribution is -0.119. The maximum Gasteiger partial charge on any atom is 0.258 e. The lowest BCUT2D eigenvalue weighted by Gasteiger charge is -2.14. The van der Waals surface area contributed by atoms with Crippen LogP contribution in [0.2, 0.25) is 0 Å². The molecule has 1 heterocycles. The number of nitrogens with two attached hydrogens (primary N) is 1. The number of phenolic OH excluding ortho intramolecular Hbond substituents is 1. The van der Waals surface area contributed by atoms with Crippen molar-refractivity contribution in [2.75, 3.05) is 10.6 Å². The van der Waals surface area contributed by atoms with E-state index in [9.17, 15) is 14.7 Å².